The first-order valence-electron chi connectivity index (χ1n) is 4.30. The van der Waals surface area contributed by atoms with E-state index in [4.69, 9.17) is 15.9 Å². The molecule has 0 saturated heterocycles. The van der Waals surface area contributed by atoms with Crippen LogP contribution >= 0.6 is 10.7 Å². The minimum atomic E-state index is -5.03. The minimum absolute atomic E-state index is 0.0519. The van der Waals surface area contributed by atoms with E-state index in [1.54, 1.807) is 0 Å². The van der Waals surface area contributed by atoms with Crippen molar-refractivity contribution in [3.63, 3.8) is 0 Å². The highest BCUT2D eigenvalue weighted by molar-refractivity contribution is 8.13. The van der Waals surface area contributed by atoms with Gasteiger partial charge in [0.15, 0.2) is 0 Å². The highest BCUT2D eigenvalue weighted by Gasteiger charge is 2.33. The minimum Gasteiger partial charge on any atom is -0.404 e. The van der Waals surface area contributed by atoms with Crippen molar-refractivity contribution in [3.05, 3.63) is 23.3 Å². The monoisotopic (exact) mass is 299 g/mol. The molecule has 9 heteroatoms. The molecule has 0 aliphatic carbocycles. The van der Waals surface area contributed by atoms with Crippen molar-refractivity contribution < 1.29 is 26.3 Å². The molecule has 98 valence electrons. The van der Waals surface area contributed by atoms with Crippen LogP contribution in [0, 0.1) is 18.3 Å². The Morgan fingerprint density at radius 3 is 2.33 bits per heavy atom. The third-order valence-electron chi connectivity index (χ3n) is 1.89. The fraction of sp³-hybridized carbons (Fsp3) is 0.222. The van der Waals surface area contributed by atoms with Gasteiger partial charge in [0.2, 0.25) is 0 Å². The number of halogens is 4. The maximum atomic E-state index is 12.1. The summed E-state index contributed by atoms with van der Waals surface area (Å²) in [5.74, 6) is -0.908. The van der Waals surface area contributed by atoms with Crippen LogP contribution in [0.25, 0.3) is 0 Å². The Kier molecular flexibility index (Phi) is 3.78. The standard InChI is InChI=1S/C9H5ClF3NO3S/c1-5-2-6(4-14)7(17-9(11,12)13)3-8(5)18(10,15)16/h2-3H,1H3. The Bertz CT molecular complexity index is 619. The van der Waals surface area contributed by atoms with Gasteiger partial charge < -0.3 is 4.74 Å². The van der Waals surface area contributed by atoms with Crippen molar-refractivity contribution in [2.24, 2.45) is 0 Å². The van der Waals surface area contributed by atoms with Crippen LogP contribution in [0.4, 0.5) is 13.2 Å². The van der Waals surface area contributed by atoms with Crippen LogP contribution in [0.5, 0.6) is 5.75 Å². The molecule has 18 heavy (non-hydrogen) atoms. The molecule has 0 N–H and O–H groups in total. The number of alkyl halides is 3. The molecule has 1 aromatic carbocycles. The number of hydrogen-bond donors (Lipinski definition) is 0. The summed E-state index contributed by atoms with van der Waals surface area (Å²) < 4.78 is 62.0. The molecule has 0 atom stereocenters. The second-order valence-corrected chi connectivity index (χ2v) is 5.75. The highest BCUT2D eigenvalue weighted by Crippen LogP contribution is 2.31. The molecule has 0 aromatic heterocycles. The summed E-state index contributed by atoms with van der Waals surface area (Å²) in [6.07, 6.45) is -5.03. The van der Waals surface area contributed by atoms with Gasteiger partial charge in [0, 0.05) is 16.7 Å². The number of nitrogens with zero attached hydrogens (tertiary/aromatic N) is 1. The Morgan fingerprint density at radius 1 is 1.39 bits per heavy atom. The summed E-state index contributed by atoms with van der Waals surface area (Å²) in [5, 5.41) is 8.65. The average Bonchev–Trinajstić information content (AvgIpc) is 2.16. The fourth-order valence-corrected chi connectivity index (χ4v) is 2.42. The summed E-state index contributed by atoms with van der Waals surface area (Å²) in [5.41, 5.74) is -0.384. The van der Waals surface area contributed by atoms with Gasteiger partial charge in [-0.15, -0.1) is 13.2 Å². The molecule has 0 radical (unpaired) electrons. The highest BCUT2D eigenvalue weighted by atomic mass is 35.7. The zero-order valence-corrected chi connectivity index (χ0v) is 10.3. The maximum absolute atomic E-state index is 12.1. The van der Waals surface area contributed by atoms with Gasteiger partial charge in [0.05, 0.1) is 10.5 Å². The summed E-state index contributed by atoms with van der Waals surface area (Å²) in [7, 11) is 0.834. The SMILES string of the molecule is Cc1cc(C#N)c(OC(F)(F)F)cc1S(=O)(=O)Cl. The third kappa shape index (κ3) is 3.51. The van der Waals surface area contributed by atoms with Crippen molar-refractivity contribution in [2.45, 2.75) is 18.2 Å². The van der Waals surface area contributed by atoms with Crippen LogP contribution in [0.15, 0.2) is 17.0 Å². The van der Waals surface area contributed by atoms with E-state index in [1.807, 2.05) is 0 Å². The molecule has 0 fully saturated rings. The quantitative estimate of drug-likeness (QED) is 0.787. The summed E-state index contributed by atoms with van der Waals surface area (Å²) in [4.78, 5) is -0.539. The number of hydrogen-bond acceptors (Lipinski definition) is 4. The second kappa shape index (κ2) is 4.66. The molecule has 0 saturated carbocycles. The summed E-state index contributed by atoms with van der Waals surface area (Å²) >= 11 is 0. The van der Waals surface area contributed by atoms with Gasteiger partial charge in [-0.2, -0.15) is 5.26 Å². The van der Waals surface area contributed by atoms with Crippen LogP contribution in [0.1, 0.15) is 11.1 Å². The Hall–Kier alpha value is -1.46. The predicted octanol–water partition coefficient (Wildman–Crippen LogP) is 2.69. The Morgan fingerprint density at radius 2 is 1.94 bits per heavy atom. The third-order valence-corrected chi connectivity index (χ3v) is 3.35. The van der Waals surface area contributed by atoms with E-state index in [0.717, 1.165) is 6.07 Å². The Labute approximate surface area is 105 Å². The topological polar surface area (TPSA) is 67.2 Å². The van der Waals surface area contributed by atoms with E-state index in [2.05, 4.69) is 4.74 Å². The predicted molar refractivity (Wildman–Crippen MR) is 55.6 cm³/mol. The van der Waals surface area contributed by atoms with Crippen LogP contribution in [-0.4, -0.2) is 14.8 Å². The van der Waals surface area contributed by atoms with E-state index in [9.17, 15) is 21.6 Å². The number of ether oxygens (including phenoxy) is 1. The smallest absolute Gasteiger partial charge is 0.404 e. The van der Waals surface area contributed by atoms with Gasteiger partial charge in [0.1, 0.15) is 11.8 Å². The van der Waals surface area contributed by atoms with E-state index >= 15 is 0 Å². The molecule has 0 unspecified atom stereocenters. The van der Waals surface area contributed by atoms with Gasteiger partial charge in [-0.3, -0.25) is 0 Å². The lowest BCUT2D eigenvalue weighted by Crippen LogP contribution is -2.18. The van der Waals surface area contributed by atoms with Crippen LogP contribution in [-0.2, 0) is 9.05 Å². The summed E-state index contributed by atoms with van der Waals surface area (Å²) in [6, 6.07) is 3.00. The van der Waals surface area contributed by atoms with E-state index in [-0.39, 0.29) is 5.56 Å². The van der Waals surface area contributed by atoms with Crippen molar-refractivity contribution >= 4 is 19.7 Å². The van der Waals surface area contributed by atoms with Gasteiger partial charge in [-0.05, 0) is 18.6 Å². The van der Waals surface area contributed by atoms with E-state index < -0.39 is 31.6 Å². The molecular formula is C9H5ClF3NO3S. The van der Waals surface area contributed by atoms with Gasteiger partial charge in [-0.25, -0.2) is 8.42 Å². The van der Waals surface area contributed by atoms with Crippen LogP contribution in [0.2, 0.25) is 0 Å². The molecular weight excluding hydrogens is 295 g/mol. The molecule has 1 rings (SSSR count). The first-order chi connectivity index (χ1) is 8.04. The van der Waals surface area contributed by atoms with Crippen molar-refractivity contribution in [3.8, 4) is 11.8 Å². The van der Waals surface area contributed by atoms with Crippen LogP contribution < -0.4 is 4.74 Å². The lowest BCUT2D eigenvalue weighted by molar-refractivity contribution is -0.274. The molecule has 1 aromatic rings. The normalized spacial score (nSPS) is 12.0. The van der Waals surface area contributed by atoms with E-state index in [0.29, 0.717) is 6.07 Å². The van der Waals surface area contributed by atoms with Crippen molar-refractivity contribution in [1.82, 2.24) is 0 Å². The number of benzene rings is 1. The molecule has 0 amide bonds. The van der Waals surface area contributed by atoms with E-state index in [1.165, 1.54) is 13.0 Å². The zero-order valence-electron chi connectivity index (χ0n) is 8.75. The van der Waals surface area contributed by atoms with Crippen molar-refractivity contribution in [2.75, 3.05) is 0 Å². The lowest BCUT2D eigenvalue weighted by atomic mass is 10.1. The Balaban J connectivity index is 3.47. The molecule has 0 bridgehead atoms. The number of aryl methyl sites for hydroxylation is 1. The van der Waals surface area contributed by atoms with Gasteiger partial charge >= 0.3 is 6.36 Å². The van der Waals surface area contributed by atoms with Crippen LogP contribution in [0.3, 0.4) is 0 Å². The molecule has 0 heterocycles. The maximum Gasteiger partial charge on any atom is 0.573 e. The summed E-state index contributed by atoms with van der Waals surface area (Å²) in [6.45, 7) is 1.30. The average molecular weight is 300 g/mol. The van der Waals surface area contributed by atoms with Gasteiger partial charge in [-0.1, -0.05) is 0 Å². The zero-order chi connectivity index (χ0) is 14.1. The second-order valence-electron chi connectivity index (χ2n) is 3.21. The number of nitriles is 1. The number of rotatable bonds is 2. The largest absolute Gasteiger partial charge is 0.573 e. The first-order valence-corrected chi connectivity index (χ1v) is 6.60. The molecule has 0 aliphatic rings. The first kappa shape index (κ1) is 14.6. The molecule has 4 nitrogen and oxygen atoms in total. The lowest BCUT2D eigenvalue weighted by Gasteiger charge is -2.12. The fourth-order valence-electron chi connectivity index (χ4n) is 1.23. The molecule has 0 aliphatic heterocycles. The van der Waals surface area contributed by atoms with Crippen molar-refractivity contribution in [1.29, 1.82) is 5.26 Å². The van der Waals surface area contributed by atoms with Gasteiger partial charge in [0.25, 0.3) is 9.05 Å². The molecule has 0 spiro atoms.